The SMILES string of the molecule is CC[Si](C)(C)C(P)(c1ccccc1)c1ccccc1. The van der Waals surface area contributed by atoms with E-state index in [1.54, 1.807) is 0 Å². The van der Waals surface area contributed by atoms with Crippen LogP contribution in [0.2, 0.25) is 19.1 Å². The quantitative estimate of drug-likeness (QED) is 0.543. The summed E-state index contributed by atoms with van der Waals surface area (Å²) in [4.78, 5) is 0. The zero-order valence-corrected chi connectivity index (χ0v) is 14.2. The van der Waals surface area contributed by atoms with Gasteiger partial charge in [-0.3, -0.25) is 0 Å². The molecule has 0 aliphatic heterocycles. The maximum Gasteiger partial charge on any atom is 0.0687 e. The van der Waals surface area contributed by atoms with Crippen LogP contribution in [-0.4, -0.2) is 8.07 Å². The molecule has 0 amide bonds. The van der Waals surface area contributed by atoms with Gasteiger partial charge in [0.15, 0.2) is 0 Å². The van der Waals surface area contributed by atoms with Gasteiger partial charge >= 0.3 is 0 Å². The fraction of sp³-hybridized carbons (Fsp3) is 0.294. The Bertz CT molecular complexity index is 480. The number of hydrogen-bond donors (Lipinski definition) is 0. The van der Waals surface area contributed by atoms with Crippen molar-refractivity contribution in [3.05, 3.63) is 71.8 Å². The summed E-state index contributed by atoms with van der Waals surface area (Å²) in [6.45, 7) is 7.30. The molecule has 0 saturated heterocycles. The molecule has 0 fully saturated rings. The first-order chi connectivity index (χ1) is 9.02. The van der Waals surface area contributed by atoms with Crippen LogP contribution in [0.5, 0.6) is 0 Å². The summed E-state index contributed by atoms with van der Waals surface area (Å²) in [5.41, 5.74) is 2.84. The van der Waals surface area contributed by atoms with Crippen molar-refractivity contribution in [2.24, 2.45) is 0 Å². The Kier molecular flexibility index (Phi) is 4.28. The van der Waals surface area contributed by atoms with E-state index in [4.69, 9.17) is 0 Å². The second kappa shape index (κ2) is 5.61. The Morgan fingerprint density at radius 2 is 1.21 bits per heavy atom. The van der Waals surface area contributed by atoms with Crippen LogP contribution in [0, 0.1) is 0 Å². The molecule has 0 saturated carbocycles. The monoisotopic (exact) mass is 286 g/mol. The van der Waals surface area contributed by atoms with Gasteiger partial charge < -0.3 is 0 Å². The van der Waals surface area contributed by atoms with E-state index >= 15 is 0 Å². The molecule has 1 unspecified atom stereocenters. The molecule has 0 aliphatic rings. The van der Waals surface area contributed by atoms with Gasteiger partial charge in [-0.2, -0.15) is 0 Å². The summed E-state index contributed by atoms with van der Waals surface area (Å²) in [5.74, 6) is 0. The van der Waals surface area contributed by atoms with Crippen LogP contribution in [0.25, 0.3) is 0 Å². The van der Waals surface area contributed by atoms with Crippen LogP contribution < -0.4 is 0 Å². The Morgan fingerprint density at radius 1 is 0.842 bits per heavy atom. The maximum absolute atomic E-state index is 3.20. The molecule has 0 heterocycles. The van der Waals surface area contributed by atoms with Crippen molar-refractivity contribution >= 4 is 17.3 Å². The molecule has 2 heteroatoms. The fourth-order valence-electron chi connectivity index (χ4n) is 2.63. The molecule has 0 radical (unpaired) electrons. The molecule has 1 atom stereocenters. The summed E-state index contributed by atoms with van der Waals surface area (Å²) in [7, 11) is 1.75. The lowest BCUT2D eigenvalue weighted by Crippen LogP contribution is -2.47. The van der Waals surface area contributed by atoms with Crippen molar-refractivity contribution in [2.45, 2.75) is 30.8 Å². The molecule has 0 aromatic heterocycles. The largest absolute Gasteiger partial charge is 0.125 e. The van der Waals surface area contributed by atoms with Gasteiger partial charge in [0.25, 0.3) is 0 Å². The summed E-state index contributed by atoms with van der Waals surface area (Å²) in [6.07, 6.45) is 0. The Balaban J connectivity index is 2.65. The van der Waals surface area contributed by atoms with E-state index in [1.807, 2.05) is 0 Å². The lowest BCUT2D eigenvalue weighted by Gasteiger charge is -2.43. The van der Waals surface area contributed by atoms with Crippen molar-refractivity contribution in [3.8, 4) is 0 Å². The number of benzene rings is 2. The molecule has 0 bridgehead atoms. The first kappa shape index (κ1) is 14.5. The summed E-state index contributed by atoms with van der Waals surface area (Å²) in [5, 5.41) is 0. The summed E-state index contributed by atoms with van der Waals surface area (Å²) in [6, 6.07) is 23.1. The Hall–Kier alpha value is -0.913. The number of hydrogen-bond acceptors (Lipinski definition) is 0. The normalized spacial score (nSPS) is 12.4. The molecular formula is C17H23PSi. The molecule has 100 valence electrons. The Morgan fingerprint density at radius 3 is 1.53 bits per heavy atom. The predicted molar refractivity (Wildman–Crippen MR) is 91.3 cm³/mol. The fourth-order valence-corrected chi connectivity index (χ4v) is 6.08. The van der Waals surface area contributed by atoms with E-state index in [1.165, 1.54) is 17.2 Å². The van der Waals surface area contributed by atoms with Gasteiger partial charge in [-0.05, 0) is 11.1 Å². The second-order valence-corrected chi connectivity index (χ2v) is 12.5. The highest BCUT2D eigenvalue weighted by Gasteiger charge is 2.44. The molecule has 0 spiro atoms. The summed E-state index contributed by atoms with van der Waals surface area (Å²) >= 11 is 0. The van der Waals surface area contributed by atoms with Gasteiger partial charge in [-0.25, -0.2) is 0 Å². The molecule has 19 heavy (non-hydrogen) atoms. The third-order valence-corrected chi connectivity index (χ3v) is 11.9. The van der Waals surface area contributed by atoms with Gasteiger partial charge in [0.1, 0.15) is 0 Å². The average molecular weight is 286 g/mol. The lowest BCUT2D eigenvalue weighted by atomic mass is 10.0. The smallest absolute Gasteiger partial charge is 0.0687 e. The van der Waals surface area contributed by atoms with Crippen LogP contribution >= 0.6 is 9.24 Å². The van der Waals surface area contributed by atoms with E-state index < -0.39 is 8.07 Å². The lowest BCUT2D eigenvalue weighted by molar-refractivity contribution is 0.972. The van der Waals surface area contributed by atoms with Gasteiger partial charge in [0.2, 0.25) is 0 Å². The van der Waals surface area contributed by atoms with Crippen LogP contribution in [0.4, 0.5) is 0 Å². The minimum Gasteiger partial charge on any atom is -0.125 e. The molecule has 2 aromatic carbocycles. The van der Waals surface area contributed by atoms with Crippen LogP contribution in [0.15, 0.2) is 60.7 Å². The van der Waals surface area contributed by atoms with E-state index in [-0.39, 0.29) is 4.78 Å². The van der Waals surface area contributed by atoms with Gasteiger partial charge in [-0.15, -0.1) is 9.24 Å². The van der Waals surface area contributed by atoms with Crippen molar-refractivity contribution in [1.82, 2.24) is 0 Å². The van der Waals surface area contributed by atoms with E-state index in [9.17, 15) is 0 Å². The molecule has 2 rings (SSSR count). The van der Waals surface area contributed by atoms with Crippen LogP contribution in [0.1, 0.15) is 18.1 Å². The van der Waals surface area contributed by atoms with Crippen molar-refractivity contribution in [3.63, 3.8) is 0 Å². The van der Waals surface area contributed by atoms with Crippen LogP contribution in [0.3, 0.4) is 0 Å². The molecule has 2 aromatic rings. The standard InChI is InChI=1S/C17H23PSi/c1-4-19(2,3)17(18,15-11-7-5-8-12-15)16-13-9-6-10-14-16/h5-14H,4,18H2,1-3H3. The molecular weight excluding hydrogens is 263 g/mol. The predicted octanol–water partition coefficient (Wildman–Crippen LogP) is 5.07. The van der Waals surface area contributed by atoms with Gasteiger partial charge in [-0.1, -0.05) is 86.7 Å². The van der Waals surface area contributed by atoms with Crippen molar-refractivity contribution in [2.75, 3.05) is 0 Å². The Labute approximate surface area is 120 Å². The van der Waals surface area contributed by atoms with Crippen molar-refractivity contribution < 1.29 is 0 Å². The zero-order chi connectivity index (χ0) is 13.9. The van der Waals surface area contributed by atoms with E-state index in [0.29, 0.717) is 0 Å². The molecule has 0 N–H and O–H groups in total. The highest BCUT2D eigenvalue weighted by atomic mass is 31.0. The minimum atomic E-state index is -1.45. The van der Waals surface area contributed by atoms with E-state index in [2.05, 4.69) is 89.9 Å². The third kappa shape index (κ3) is 2.55. The van der Waals surface area contributed by atoms with Crippen LogP contribution in [-0.2, 0) is 4.78 Å². The average Bonchev–Trinajstić information content (AvgIpc) is 2.48. The number of rotatable bonds is 4. The maximum atomic E-state index is 3.20. The summed E-state index contributed by atoms with van der Waals surface area (Å²) < 4.78 is 0.0876. The second-order valence-electron chi connectivity index (χ2n) is 5.78. The first-order valence-corrected chi connectivity index (χ1v) is 10.7. The highest BCUT2D eigenvalue weighted by Crippen LogP contribution is 2.47. The van der Waals surface area contributed by atoms with E-state index in [0.717, 1.165) is 0 Å². The first-order valence-electron chi connectivity index (χ1n) is 6.92. The minimum absolute atomic E-state index is 0.0876. The molecule has 0 nitrogen and oxygen atoms in total. The topological polar surface area (TPSA) is 0 Å². The molecule has 0 aliphatic carbocycles. The highest BCUT2D eigenvalue weighted by molar-refractivity contribution is 7.27. The zero-order valence-electron chi connectivity index (χ0n) is 12.1. The van der Waals surface area contributed by atoms with Gasteiger partial charge in [0.05, 0.1) is 8.07 Å². The third-order valence-electron chi connectivity index (χ3n) is 4.41. The van der Waals surface area contributed by atoms with Crippen molar-refractivity contribution in [1.29, 1.82) is 0 Å². The van der Waals surface area contributed by atoms with Gasteiger partial charge in [0, 0.05) is 4.78 Å².